The Morgan fingerprint density at radius 3 is 2.44 bits per heavy atom. The third-order valence-electron chi connectivity index (χ3n) is 3.63. The summed E-state index contributed by atoms with van der Waals surface area (Å²) in [7, 11) is 1.65. The lowest BCUT2D eigenvalue weighted by Crippen LogP contribution is -2.56. The standard InChI is InChI=1S/C12H23NO3/c1-3-13(9-10-16-2)12(11(14)15)7-5-4-6-8-12/h3-10H2,1-2H3,(H,14,15). The molecule has 1 N–H and O–H groups in total. The van der Waals surface area contributed by atoms with Crippen LogP contribution in [0.4, 0.5) is 0 Å². The minimum Gasteiger partial charge on any atom is -0.480 e. The largest absolute Gasteiger partial charge is 0.480 e. The second-order valence-corrected chi connectivity index (χ2v) is 4.47. The summed E-state index contributed by atoms with van der Waals surface area (Å²) in [6.07, 6.45) is 4.77. The molecular formula is C12H23NO3. The molecule has 0 radical (unpaired) electrons. The molecule has 0 aromatic heterocycles. The molecule has 1 rings (SSSR count). The summed E-state index contributed by atoms with van der Waals surface area (Å²) >= 11 is 0. The zero-order valence-corrected chi connectivity index (χ0v) is 10.4. The fourth-order valence-electron chi connectivity index (χ4n) is 2.68. The Labute approximate surface area is 97.6 Å². The van der Waals surface area contributed by atoms with E-state index in [1.54, 1.807) is 7.11 Å². The maximum atomic E-state index is 11.6. The summed E-state index contributed by atoms with van der Waals surface area (Å²) in [5.41, 5.74) is -0.633. The van der Waals surface area contributed by atoms with Gasteiger partial charge in [-0.1, -0.05) is 26.2 Å². The Hall–Kier alpha value is -0.610. The smallest absolute Gasteiger partial charge is 0.324 e. The van der Waals surface area contributed by atoms with E-state index in [-0.39, 0.29) is 0 Å². The van der Waals surface area contributed by atoms with Gasteiger partial charge in [0.1, 0.15) is 5.54 Å². The predicted molar refractivity (Wildman–Crippen MR) is 62.6 cm³/mol. The second-order valence-electron chi connectivity index (χ2n) is 4.47. The summed E-state index contributed by atoms with van der Waals surface area (Å²) in [6.45, 7) is 4.10. The molecule has 16 heavy (non-hydrogen) atoms. The number of ether oxygens (including phenoxy) is 1. The number of hydrogen-bond donors (Lipinski definition) is 1. The Bertz CT molecular complexity index is 224. The van der Waals surface area contributed by atoms with Crippen molar-refractivity contribution < 1.29 is 14.6 Å². The number of rotatable bonds is 6. The summed E-state index contributed by atoms with van der Waals surface area (Å²) in [5, 5.41) is 9.51. The van der Waals surface area contributed by atoms with Crippen molar-refractivity contribution in [1.82, 2.24) is 4.90 Å². The highest BCUT2D eigenvalue weighted by Crippen LogP contribution is 2.33. The normalized spacial score (nSPS) is 19.9. The number of likely N-dealkylation sites (N-methyl/N-ethyl adjacent to an activating group) is 1. The van der Waals surface area contributed by atoms with Gasteiger partial charge in [0.05, 0.1) is 6.61 Å². The van der Waals surface area contributed by atoms with E-state index < -0.39 is 11.5 Å². The SMILES string of the molecule is CCN(CCOC)C1(C(=O)O)CCCCC1. The lowest BCUT2D eigenvalue weighted by Gasteiger charge is -2.42. The van der Waals surface area contributed by atoms with Gasteiger partial charge in [0.15, 0.2) is 0 Å². The van der Waals surface area contributed by atoms with Crippen LogP contribution < -0.4 is 0 Å². The first-order chi connectivity index (χ1) is 7.67. The molecule has 1 aliphatic rings. The average molecular weight is 229 g/mol. The van der Waals surface area contributed by atoms with Crippen molar-refractivity contribution in [3.63, 3.8) is 0 Å². The number of aliphatic carboxylic acids is 1. The van der Waals surface area contributed by atoms with Crippen molar-refractivity contribution in [3.8, 4) is 0 Å². The molecule has 0 aromatic rings. The van der Waals surface area contributed by atoms with Gasteiger partial charge in [0.25, 0.3) is 0 Å². The van der Waals surface area contributed by atoms with Crippen LogP contribution in [0.5, 0.6) is 0 Å². The monoisotopic (exact) mass is 229 g/mol. The molecule has 0 aliphatic heterocycles. The van der Waals surface area contributed by atoms with Gasteiger partial charge >= 0.3 is 5.97 Å². The first-order valence-corrected chi connectivity index (χ1v) is 6.14. The molecule has 0 heterocycles. The number of carbonyl (C=O) groups is 1. The summed E-state index contributed by atoms with van der Waals surface area (Å²) in [5.74, 6) is -0.662. The van der Waals surface area contributed by atoms with Crippen LogP contribution in [0.1, 0.15) is 39.0 Å². The Morgan fingerprint density at radius 2 is 2.00 bits per heavy atom. The van der Waals surface area contributed by atoms with Crippen LogP contribution in [0.25, 0.3) is 0 Å². The van der Waals surface area contributed by atoms with Crippen molar-refractivity contribution in [1.29, 1.82) is 0 Å². The first kappa shape index (κ1) is 13.5. The molecule has 1 saturated carbocycles. The van der Waals surface area contributed by atoms with E-state index in [2.05, 4.69) is 4.90 Å². The van der Waals surface area contributed by atoms with Gasteiger partial charge in [-0.05, 0) is 19.4 Å². The lowest BCUT2D eigenvalue weighted by atomic mass is 9.80. The predicted octanol–water partition coefficient (Wildman–Crippen LogP) is 1.74. The minimum absolute atomic E-state index is 0.600. The topological polar surface area (TPSA) is 49.8 Å². The van der Waals surface area contributed by atoms with Crippen LogP contribution >= 0.6 is 0 Å². The van der Waals surface area contributed by atoms with E-state index >= 15 is 0 Å². The van der Waals surface area contributed by atoms with Gasteiger partial charge in [0, 0.05) is 13.7 Å². The zero-order chi connectivity index (χ0) is 12.0. The quantitative estimate of drug-likeness (QED) is 0.753. The van der Waals surface area contributed by atoms with Crippen LogP contribution in [0.3, 0.4) is 0 Å². The molecule has 1 fully saturated rings. The Kier molecular flexibility index (Phi) is 5.22. The van der Waals surface area contributed by atoms with Gasteiger partial charge in [-0.2, -0.15) is 0 Å². The molecule has 94 valence electrons. The number of nitrogens with zero attached hydrogens (tertiary/aromatic N) is 1. The van der Waals surface area contributed by atoms with Crippen molar-refractivity contribution in [3.05, 3.63) is 0 Å². The molecule has 0 saturated heterocycles. The fraction of sp³-hybridized carbons (Fsp3) is 0.917. The van der Waals surface area contributed by atoms with Crippen LogP contribution in [0.15, 0.2) is 0 Å². The van der Waals surface area contributed by atoms with Crippen LogP contribution in [-0.4, -0.2) is 48.3 Å². The van der Waals surface area contributed by atoms with Crippen LogP contribution in [0.2, 0.25) is 0 Å². The number of carboxylic acids is 1. The van der Waals surface area contributed by atoms with Crippen molar-refractivity contribution in [2.45, 2.75) is 44.6 Å². The summed E-state index contributed by atoms with van der Waals surface area (Å²) in [4.78, 5) is 13.6. The number of methoxy groups -OCH3 is 1. The van der Waals surface area contributed by atoms with Gasteiger partial charge in [-0.25, -0.2) is 0 Å². The van der Waals surface area contributed by atoms with Crippen LogP contribution in [0, 0.1) is 0 Å². The van der Waals surface area contributed by atoms with E-state index in [1.165, 1.54) is 0 Å². The lowest BCUT2D eigenvalue weighted by molar-refractivity contribution is -0.154. The third-order valence-corrected chi connectivity index (χ3v) is 3.63. The highest BCUT2D eigenvalue weighted by molar-refractivity contribution is 5.79. The van der Waals surface area contributed by atoms with Crippen molar-refractivity contribution >= 4 is 5.97 Å². The van der Waals surface area contributed by atoms with Gasteiger partial charge in [0.2, 0.25) is 0 Å². The van der Waals surface area contributed by atoms with Crippen molar-refractivity contribution in [2.24, 2.45) is 0 Å². The molecular weight excluding hydrogens is 206 g/mol. The summed E-state index contributed by atoms with van der Waals surface area (Å²) in [6, 6.07) is 0. The molecule has 0 atom stereocenters. The van der Waals surface area contributed by atoms with E-state index in [0.29, 0.717) is 13.2 Å². The average Bonchev–Trinajstić information content (AvgIpc) is 2.31. The third kappa shape index (κ3) is 2.74. The maximum absolute atomic E-state index is 11.6. The van der Waals surface area contributed by atoms with Gasteiger partial charge < -0.3 is 9.84 Å². The highest BCUT2D eigenvalue weighted by atomic mass is 16.5. The molecule has 1 aliphatic carbocycles. The summed E-state index contributed by atoms with van der Waals surface area (Å²) < 4.78 is 5.06. The number of carboxylic acid groups (broad SMARTS) is 1. The van der Waals surface area contributed by atoms with E-state index in [4.69, 9.17) is 4.74 Å². The molecule has 0 spiro atoms. The van der Waals surface area contributed by atoms with Crippen molar-refractivity contribution in [2.75, 3.05) is 26.8 Å². The molecule has 0 amide bonds. The first-order valence-electron chi connectivity index (χ1n) is 6.14. The Balaban J connectivity index is 2.76. The Morgan fingerprint density at radius 1 is 1.38 bits per heavy atom. The fourth-order valence-corrected chi connectivity index (χ4v) is 2.68. The molecule has 0 bridgehead atoms. The van der Waals surface area contributed by atoms with E-state index in [0.717, 1.165) is 38.6 Å². The van der Waals surface area contributed by atoms with Gasteiger partial charge in [-0.15, -0.1) is 0 Å². The molecule has 0 unspecified atom stereocenters. The molecule has 0 aromatic carbocycles. The zero-order valence-electron chi connectivity index (χ0n) is 10.4. The number of hydrogen-bond acceptors (Lipinski definition) is 3. The van der Waals surface area contributed by atoms with Crippen LogP contribution in [-0.2, 0) is 9.53 Å². The molecule has 4 nitrogen and oxygen atoms in total. The van der Waals surface area contributed by atoms with E-state index in [9.17, 15) is 9.90 Å². The van der Waals surface area contributed by atoms with Gasteiger partial charge in [-0.3, -0.25) is 9.69 Å². The highest BCUT2D eigenvalue weighted by Gasteiger charge is 2.43. The minimum atomic E-state index is -0.662. The second kappa shape index (κ2) is 6.21. The van der Waals surface area contributed by atoms with E-state index in [1.807, 2.05) is 6.92 Å². The molecule has 4 heteroatoms. The maximum Gasteiger partial charge on any atom is 0.324 e.